The molecule has 0 radical (unpaired) electrons. The molecule has 5 heteroatoms. The van der Waals surface area contributed by atoms with Crippen molar-refractivity contribution in [3.05, 3.63) is 64.7 Å². The number of nitrogens with zero attached hydrogens (tertiary/aromatic N) is 1. The Hall–Kier alpha value is -2.76. The van der Waals surface area contributed by atoms with Crippen LogP contribution >= 0.6 is 0 Å². The molecule has 1 N–H and O–H groups in total. The smallest absolute Gasteiger partial charge is 0.231 e. The predicted molar refractivity (Wildman–Crippen MR) is 133 cm³/mol. The number of rotatable bonds is 5. The molecular weight excluding hydrogens is 412 g/mol. The molecule has 2 aliphatic rings. The normalized spacial score (nSPS) is 19.3. The molecule has 0 amide bonds. The molecule has 3 unspecified atom stereocenters. The van der Waals surface area contributed by atoms with E-state index in [0.717, 1.165) is 36.6 Å². The van der Waals surface area contributed by atoms with Crippen LogP contribution in [0.5, 0.6) is 17.2 Å². The minimum Gasteiger partial charge on any atom is -0.496 e. The topological polar surface area (TPSA) is 43.0 Å². The molecule has 0 fully saturated rings. The van der Waals surface area contributed by atoms with E-state index in [1.54, 1.807) is 7.11 Å². The maximum Gasteiger partial charge on any atom is 0.231 e. The Labute approximate surface area is 196 Å². The fourth-order valence-electron chi connectivity index (χ4n) is 5.33. The second-order valence-corrected chi connectivity index (χ2v) is 9.44. The first-order chi connectivity index (χ1) is 16.0. The van der Waals surface area contributed by atoms with Gasteiger partial charge in [-0.05, 0) is 104 Å². The highest BCUT2D eigenvalue weighted by Crippen LogP contribution is 2.37. The molecule has 0 saturated carbocycles. The Balaban J connectivity index is 1.36. The molecule has 0 aromatic heterocycles. The average Bonchev–Trinajstić information content (AvgIpc) is 3.18. The van der Waals surface area contributed by atoms with E-state index >= 15 is 0 Å². The van der Waals surface area contributed by atoms with Gasteiger partial charge in [0.15, 0.2) is 11.5 Å². The van der Waals surface area contributed by atoms with Crippen LogP contribution in [-0.4, -0.2) is 44.5 Å². The quantitative estimate of drug-likeness (QED) is 0.596. The molecule has 33 heavy (non-hydrogen) atoms. The van der Waals surface area contributed by atoms with E-state index in [4.69, 9.17) is 14.2 Å². The summed E-state index contributed by atoms with van der Waals surface area (Å²) in [6, 6.07) is 16.4. The first kappa shape index (κ1) is 22.1. The van der Waals surface area contributed by atoms with Crippen LogP contribution in [0.4, 0.5) is 0 Å². The number of hydrogen-bond acceptors (Lipinski definition) is 5. The lowest BCUT2D eigenvalue weighted by atomic mass is 9.94. The number of methoxy groups -OCH3 is 1. The summed E-state index contributed by atoms with van der Waals surface area (Å²) in [5.41, 5.74) is 5.27. The molecule has 174 valence electrons. The van der Waals surface area contributed by atoms with Crippen molar-refractivity contribution in [3.8, 4) is 17.2 Å². The van der Waals surface area contributed by atoms with E-state index < -0.39 is 0 Å². The van der Waals surface area contributed by atoms with E-state index in [1.807, 2.05) is 0 Å². The Kier molecular flexibility index (Phi) is 5.94. The van der Waals surface area contributed by atoms with Crippen LogP contribution < -0.4 is 19.5 Å². The molecule has 0 aliphatic carbocycles. The minimum absolute atomic E-state index is 0.299. The highest BCUT2D eigenvalue weighted by atomic mass is 16.7. The van der Waals surface area contributed by atoms with Gasteiger partial charge in [-0.2, -0.15) is 0 Å². The van der Waals surface area contributed by atoms with Crippen molar-refractivity contribution < 1.29 is 14.2 Å². The third-order valence-corrected chi connectivity index (χ3v) is 7.74. The van der Waals surface area contributed by atoms with Crippen LogP contribution in [0, 0.1) is 6.92 Å². The van der Waals surface area contributed by atoms with Gasteiger partial charge in [-0.15, -0.1) is 0 Å². The van der Waals surface area contributed by atoms with Crippen molar-refractivity contribution in [2.24, 2.45) is 0 Å². The second-order valence-electron chi connectivity index (χ2n) is 9.44. The molecule has 2 aliphatic heterocycles. The highest BCUT2D eigenvalue weighted by Gasteiger charge is 2.29. The van der Waals surface area contributed by atoms with Crippen molar-refractivity contribution in [2.45, 2.75) is 51.7 Å². The monoisotopic (exact) mass is 446 g/mol. The summed E-state index contributed by atoms with van der Waals surface area (Å²) in [5, 5.41) is 6.32. The van der Waals surface area contributed by atoms with Gasteiger partial charge >= 0.3 is 0 Å². The molecule has 0 bridgehead atoms. The van der Waals surface area contributed by atoms with Gasteiger partial charge in [0, 0.05) is 18.1 Å². The van der Waals surface area contributed by atoms with Crippen LogP contribution in [0.15, 0.2) is 42.5 Å². The van der Waals surface area contributed by atoms with Crippen molar-refractivity contribution in [2.75, 3.05) is 27.5 Å². The number of ether oxygens (including phenoxy) is 3. The van der Waals surface area contributed by atoms with Crippen LogP contribution in [0.1, 0.15) is 42.1 Å². The van der Waals surface area contributed by atoms with Gasteiger partial charge in [-0.3, -0.25) is 4.90 Å². The largest absolute Gasteiger partial charge is 0.496 e. The van der Waals surface area contributed by atoms with Crippen molar-refractivity contribution in [1.82, 2.24) is 10.2 Å². The summed E-state index contributed by atoms with van der Waals surface area (Å²) in [4.78, 5) is 2.49. The number of likely N-dealkylation sites (N-methyl/N-ethyl adjacent to an activating group) is 1. The number of nitrogens with one attached hydrogen (secondary N) is 1. The van der Waals surface area contributed by atoms with E-state index in [1.165, 1.54) is 33.0 Å². The number of fused-ring (bicyclic) bond motifs is 3. The van der Waals surface area contributed by atoms with Gasteiger partial charge in [-0.1, -0.05) is 18.2 Å². The van der Waals surface area contributed by atoms with Gasteiger partial charge in [0.05, 0.1) is 7.11 Å². The molecule has 3 aromatic rings. The molecule has 0 saturated heterocycles. The maximum atomic E-state index is 5.64. The van der Waals surface area contributed by atoms with E-state index in [9.17, 15) is 0 Å². The highest BCUT2D eigenvalue weighted by molar-refractivity contribution is 5.88. The number of hydrogen-bond donors (Lipinski definition) is 1. The molecular formula is C28H34N2O3. The number of benzene rings is 3. The SMILES string of the molecule is COc1ccc2cc(C(C)N(C)C(C)C3Cc4cc5c(cc4CCN3)OCO5)ccc2c1C. The van der Waals surface area contributed by atoms with Gasteiger partial charge < -0.3 is 19.5 Å². The van der Waals surface area contributed by atoms with Gasteiger partial charge in [0.1, 0.15) is 5.75 Å². The van der Waals surface area contributed by atoms with Crippen molar-refractivity contribution in [3.63, 3.8) is 0 Å². The van der Waals surface area contributed by atoms with E-state index in [0.29, 0.717) is 24.9 Å². The van der Waals surface area contributed by atoms with Gasteiger partial charge in [-0.25, -0.2) is 0 Å². The minimum atomic E-state index is 0.299. The summed E-state index contributed by atoms with van der Waals surface area (Å²) in [6.07, 6.45) is 2.00. The van der Waals surface area contributed by atoms with Crippen LogP contribution in [0.2, 0.25) is 0 Å². The maximum absolute atomic E-state index is 5.64. The molecule has 5 nitrogen and oxygen atoms in total. The fourth-order valence-corrected chi connectivity index (χ4v) is 5.33. The van der Waals surface area contributed by atoms with Crippen LogP contribution in [-0.2, 0) is 12.8 Å². The Bertz CT molecular complexity index is 1180. The summed E-state index contributed by atoms with van der Waals surface area (Å²) in [7, 11) is 3.97. The summed E-state index contributed by atoms with van der Waals surface area (Å²) >= 11 is 0. The molecule has 3 aromatic carbocycles. The Morgan fingerprint density at radius 1 is 1.03 bits per heavy atom. The first-order valence-electron chi connectivity index (χ1n) is 11.9. The molecule has 2 heterocycles. The number of aryl methyl sites for hydroxylation is 1. The molecule has 0 spiro atoms. The third-order valence-electron chi connectivity index (χ3n) is 7.74. The lowest BCUT2D eigenvalue weighted by Crippen LogP contribution is -2.48. The molecule has 3 atom stereocenters. The lowest BCUT2D eigenvalue weighted by molar-refractivity contribution is 0.159. The summed E-state index contributed by atoms with van der Waals surface area (Å²) in [6.45, 7) is 8.06. The summed E-state index contributed by atoms with van der Waals surface area (Å²) in [5.74, 6) is 2.71. The van der Waals surface area contributed by atoms with E-state index in [-0.39, 0.29) is 0 Å². The van der Waals surface area contributed by atoms with Crippen molar-refractivity contribution in [1.29, 1.82) is 0 Å². The zero-order valence-electron chi connectivity index (χ0n) is 20.3. The average molecular weight is 447 g/mol. The Morgan fingerprint density at radius 3 is 2.55 bits per heavy atom. The zero-order valence-corrected chi connectivity index (χ0v) is 20.3. The standard InChI is InChI=1S/C28H34N2O3/c1-17-24-8-6-20(12-22(24)7-9-26(17)31-5)18(2)30(4)19(3)25-13-23-15-28-27(32-16-33-28)14-21(23)10-11-29-25/h6-9,12,14-15,18-19,25,29H,10-11,13,16H2,1-5H3. The molecule has 5 rings (SSSR count). The van der Waals surface area contributed by atoms with Gasteiger partial charge in [0.25, 0.3) is 0 Å². The van der Waals surface area contributed by atoms with E-state index in [2.05, 4.69) is 80.5 Å². The Morgan fingerprint density at radius 2 is 1.79 bits per heavy atom. The van der Waals surface area contributed by atoms with Crippen molar-refractivity contribution >= 4 is 10.8 Å². The summed E-state index contributed by atoms with van der Waals surface area (Å²) < 4.78 is 16.7. The third kappa shape index (κ3) is 4.04. The first-order valence-corrected chi connectivity index (χ1v) is 11.9. The second kappa shape index (κ2) is 8.88. The fraction of sp³-hybridized carbons (Fsp3) is 0.429. The van der Waals surface area contributed by atoms with Gasteiger partial charge in [0.2, 0.25) is 6.79 Å². The lowest BCUT2D eigenvalue weighted by Gasteiger charge is -2.36. The zero-order chi connectivity index (χ0) is 23.1. The van der Waals surface area contributed by atoms with Crippen LogP contribution in [0.25, 0.3) is 10.8 Å². The predicted octanol–water partition coefficient (Wildman–Crippen LogP) is 5.02. The van der Waals surface area contributed by atoms with Crippen LogP contribution in [0.3, 0.4) is 0 Å².